The van der Waals surface area contributed by atoms with E-state index in [0.717, 1.165) is 11.1 Å². The van der Waals surface area contributed by atoms with Crippen molar-refractivity contribution in [1.29, 1.82) is 0 Å². The summed E-state index contributed by atoms with van der Waals surface area (Å²) in [6.45, 7) is 0. The van der Waals surface area contributed by atoms with Gasteiger partial charge in [0.2, 0.25) is 11.0 Å². The summed E-state index contributed by atoms with van der Waals surface area (Å²) >= 11 is 12.4. The van der Waals surface area contributed by atoms with Gasteiger partial charge < -0.3 is 5.32 Å². The zero-order valence-electron chi connectivity index (χ0n) is 15.2. The first-order valence-corrected chi connectivity index (χ1v) is 9.43. The van der Waals surface area contributed by atoms with Gasteiger partial charge in [-0.25, -0.2) is 4.57 Å². The number of halogens is 2. The molecule has 0 aliphatic heterocycles. The van der Waals surface area contributed by atoms with Gasteiger partial charge in [-0.2, -0.15) is 0 Å². The van der Waals surface area contributed by atoms with Gasteiger partial charge in [0.15, 0.2) is 5.02 Å². The Labute approximate surface area is 181 Å². The number of pyridine rings is 2. The van der Waals surface area contributed by atoms with Crippen molar-refractivity contribution in [3.8, 4) is 17.1 Å². The topological polar surface area (TPSA) is 97.7 Å². The SMILES string of the molecule is O=[N+]([O-])c1ccc(Nc2nc(-[n+]3ccc(-c4ccncc4)cc3)nc(Cl)c2Cl)cc1. The van der Waals surface area contributed by atoms with E-state index in [1.165, 1.54) is 12.1 Å². The van der Waals surface area contributed by atoms with Crippen LogP contribution >= 0.6 is 23.2 Å². The van der Waals surface area contributed by atoms with Gasteiger partial charge in [-0.1, -0.05) is 16.6 Å². The van der Waals surface area contributed by atoms with Crippen molar-refractivity contribution >= 4 is 40.4 Å². The average molecular weight is 440 g/mol. The van der Waals surface area contributed by atoms with E-state index in [-0.39, 0.29) is 21.7 Å². The molecule has 0 aliphatic rings. The lowest BCUT2D eigenvalue weighted by Crippen LogP contribution is -2.32. The van der Waals surface area contributed by atoms with E-state index in [1.807, 2.05) is 36.7 Å². The van der Waals surface area contributed by atoms with Gasteiger partial charge in [0.25, 0.3) is 5.69 Å². The van der Waals surface area contributed by atoms with Crippen LogP contribution in [0.1, 0.15) is 0 Å². The number of anilines is 2. The van der Waals surface area contributed by atoms with Crippen molar-refractivity contribution in [3.63, 3.8) is 0 Å². The summed E-state index contributed by atoms with van der Waals surface area (Å²) in [6, 6.07) is 13.6. The van der Waals surface area contributed by atoms with Gasteiger partial charge in [-0.3, -0.25) is 15.1 Å². The minimum atomic E-state index is -0.470. The monoisotopic (exact) mass is 439 g/mol. The van der Waals surface area contributed by atoms with Gasteiger partial charge in [-0.15, -0.1) is 0 Å². The lowest BCUT2D eigenvalue weighted by Gasteiger charge is -2.06. The van der Waals surface area contributed by atoms with Crippen LogP contribution in [0.3, 0.4) is 0 Å². The molecule has 0 aliphatic carbocycles. The molecule has 8 nitrogen and oxygen atoms in total. The Morgan fingerprint density at radius 1 is 0.900 bits per heavy atom. The van der Waals surface area contributed by atoms with Gasteiger partial charge in [0.05, 0.1) is 17.3 Å². The van der Waals surface area contributed by atoms with Crippen LogP contribution in [0.25, 0.3) is 17.1 Å². The van der Waals surface area contributed by atoms with E-state index < -0.39 is 4.92 Å². The summed E-state index contributed by atoms with van der Waals surface area (Å²) in [5.41, 5.74) is 2.60. The lowest BCUT2D eigenvalue weighted by atomic mass is 10.1. The van der Waals surface area contributed by atoms with Crippen LogP contribution in [-0.2, 0) is 0 Å². The number of non-ortho nitro benzene ring substituents is 1. The van der Waals surface area contributed by atoms with Crippen molar-refractivity contribution in [2.75, 3.05) is 5.32 Å². The second kappa shape index (κ2) is 8.40. The zero-order chi connectivity index (χ0) is 21.1. The largest absolute Gasteiger partial charge is 0.440 e. The summed E-state index contributed by atoms with van der Waals surface area (Å²) < 4.78 is 1.70. The van der Waals surface area contributed by atoms with Crippen molar-refractivity contribution in [2.24, 2.45) is 0 Å². The second-order valence-corrected chi connectivity index (χ2v) is 6.87. The van der Waals surface area contributed by atoms with Crippen molar-refractivity contribution in [1.82, 2.24) is 15.0 Å². The molecule has 1 N–H and O–H groups in total. The highest BCUT2D eigenvalue weighted by Crippen LogP contribution is 2.30. The number of nitro groups is 1. The second-order valence-electron chi connectivity index (χ2n) is 6.14. The Kier molecular flexibility index (Phi) is 5.51. The first kappa shape index (κ1) is 19.7. The molecule has 0 radical (unpaired) electrons. The van der Waals surface area contributed by atoms with Crippen LogP contribution in [0.4, 0.5) is 17.2 Å². The van der Waals surface area contributed by atoms with Crippen molar-refractivity contribution in [3.05, 3.63) is 93.6 Å². The maximum atomic E-state index is 10.8. The first-order chi connectivity index (χ1) is 14.5. The maximum absolute atomic E-state index is 10.8. The molecule has 3 heterocycles. The third kappa shape index (κ3) is 4.19. The molecule has 0 unspecified atom stereocenters. The maximum Gasteiger partial charge on any atom is 0.440 e. The predicted octanol–water partition coefficient (Wildman–Crippen LogP) is 4.77. The summed E-state index contributed by atoms with van der Waals surface area (Å²) in [6.07, 6.45) is 7.08. The third-order valence-electron chi connectivity index (χ3n) is 4.21. The number of hydrogen-bond donors (Lipinski definition) is 1. The van der Waals surface area contributed by atoms with Crippen molar-refractivity contribution < 1.29 is 9.49 Å². The normalized spacial score (nSPS) is 10.6. The zero-order valence-corrected chi connectivity index (χ0v) is 16.7. The fourth-order valence-electron chi connectivity index (χ4n) is 2.71. The highest BCUT2D eigenvalue weighted by molar-refractivity contribution is 6.42. The quantitative estimate of drug-likeness (QED) is 0.208. The molecule has 0 fully saturated rings. The number of benzene rings is 1. The standard InChI is InChI=1S/C20H13Cl2N6O2/c21-17-18(22)25-20(26-19(17)24-15-1-3-16(4-2-15)28(29)30)27-11-7-14(8-12-27)13-5-9-23-10-6-13/h1-12H,(H,24,25,26)/q+1. The molecule has 0 spiro atoms. The molecular weight excluding hydrogens is 427 g/mol. The number of hydrogen-bond acceptors (Lipinski definition) is 6. The minimum absolute atomic E-state index is 0.0158. The van der Waals surface area contributed by atoms with Gasteiger partial charge in [0, 0.05) is 30.2 Å². The fraction of sp³-hybridized carbons (Fsp3) is 0. The van der Waals surface area contributed by atoms with E-state index in [9.17, 15) is 10.1 Å². The Morgan fingerprint density at radius 2 is 1.53 bits per heavy atom. The van der Waals surface area contributed by atoms with E-state index in [1.54, 1.807) is 29.1 Å². The van der Waals surface area contributed by atoms with Gasteiger partial charge >= 0.3 is 5.95 Å². The lowest BCUT2D eigenvalue weighted by molar-refractivity contribution is -0.603. The molecule has 30 heavy (non-hydrogen) atoms. The summed E-state index contributed by atoms with van der Waals surface area (Å²) in [4.78, 5) is 23.0. The third-order valence-corrected chi connectivity index (χ3v) is 4.94. The van der Waals surface area contributed by atoms with E-state index in [4.69, 9.17) is 23.2 Å². The summed E-state index contributed by atoms with van der Waals surface area (Å²) in [5.74, 6) is 0.598. The molecular formula is C20H13Cl2N6O2+. The highest BCUT2D eigenvalue weighted by atomic mass is 35.5. The number of aromatic nitrogens is 4. The Balaban J connectivity index is 1.63. The van der Waals surface area contributed by atoms with Crippen LogP contribution in [0.15, 0.2) is 73.3 Å². The number of nitrogens with zero attached hydrogens (tertiary/aromatic N) is 5. The van der Waals surface area contributed by atoms with Crippen LogP contribution in [0.5, 0.6) is 0 Å². The van der Waals surface area contributed by atoms with Crippen LogP contribution in [0, 0.1) is 10.1 Å². The average Bonchev–Trinajstić information content (AvgIpc) is 2.78. The van der Waals surface area contributed by atoms with E-state index in [0.29, 0.717) is 11.6 Å². The van der Waals surface area contributed by atoms with E-state index >= 15 is 0 Å². The molecule has 0 bridgehead atoms. The van der Waals surface area contributed by atoms with Gasteiger partial charge in [0.1, 0.15) is 0 Å². The Morgan fingerprint density at radius 3 is 2.17 bits per heavy atom. The smallest absolute Gasteiger partial charge is 0.325 e. The number of rotatable bonds is 5. The summed E-state index contributed by atoms with van der Waals surface area (Å²) in [7, 11) is 0. The minimum Gasteiger partial charge on any atom is -0.325 e. The fourth-order valence-corrected chi connectivity index (χ4v) is 3.00. The molecule has 4 aromatic rings. The highest BCUT2D eigenvalue weighted by Gasteiger charge is 2.21. The summed E-state index contributed by atoms with van der Waals surface area (Å²) in [5, 5.41) is 14.0. The molecule has 0 saturated heterocycles. The molecule has 3 aromatic heterocycles. The molecule has 10 heteroatoms. The van der Waals surface area contributed by atoms with Crippen LogP contribution in [-0.4, -0.2) is 19.9 Å². The molecule has 4 rings (SSSR count). The first-order valence-electron chi connectivity index (χ1n) is 8.68. The van der Waals surface area contributed by atoms with Crippen LogP contribution in [0.2, 0.25) is 10.2 Å². The van der Waals surface area contributed by atoms with Crippen LogP contribution < -0.4 is 9.88 Å². The predicted molar refractivity (Wildman–Crippen MR) is 113 cm³/mol. The number of nitrogens with one attached hydrogen (secondary N) is 1. The Hall–Kier alpha value is -3.62. The van der Waals surface area contributed by atoms with Crippen molar-refractivity contribution in [2.45, 2.75) is 0 Å². The Bertz CT molecular complexity index is 1200. The molecule has 0 amide bonds. The van der Waals surface area contributed by atoms with E-state index in [2.05, 4.69) is 20.3 Å². The number of nitro benzene ring substituents is 1. The molecule has 0 atom stereocenters. The molecule has 0 saturated carbocycles. The van der Waals surface area contributed by atoms with Gasteiger partial charge in [-0.05, 0) is 64.1 Å². The molecule has 148 valence electrons. The molecule has 1 aromatic carbocycles.